The predicted octanol–water partition coefficient (Wildman–Crippen LogP) is 1.29. The Morgan fingerprint density at radius 1 is 1.38 bits per heavy atom. The van der Waals surface area contributed by atoms with Gasteiger partial charge in [0.1, 0.15) is 5.82 Å². The summed E-state index contributed by atoms with van der Waals surface area (Å²) in [5, 5.41) is 8.94. The third kappa shape index (κ3) is 2.03. The Kier molecular flexibility index (Phi) is 2.98. The second-order valence-electron chi connectivity index (χ2n) is 3.99. The van der Waals surface area contributed by atoms with Crippen LogP contribution in [0.4, 0.5) is 4.39 Å². The number of carbonyl (C=O) groups is 2. The Bertz CT molecular complexity index is 455. The summed E-state index contributed by atoms with van der Waals surface area (Å²) in [6.45, 7) is 2.77. The van der Waals surface area contributed by atoms with Crippen LogP contribution in [0.2, 0.25) is 0 Å². The minimum atomic E-state index is -1.35. The van der Waals surface area contributed by atoms with E-state index in [2.05, 4.69) is 0 Å². The summed E-state index contributed by atoms with van der Waals surface area (Å²) in [4.78, 5) is 21.7. The van der Waals surface area contributed by atoms with Crippen LogP contribution in [-0.4, -0.2) is 17.0 Å². The van der Waals surface area contributed by atoms with Crippen LogP contribution in [-0.2, 0) is 10.2 Å². The summed E-state index contributed by atoms with van der Waals surface area (Å²) in [6.07, 6.45) is 0. The summed E-state index contributed by atoms with van der Waals surface area (Å²) >= 11 is 0. The topological polar surface area (TPSA) is 80.4 Å². The number of rotatable bonds is 3. The largest absolute Gasteiger partial charge is 0.481 e. The predicted molar refractivity (Wildman–Crippen MR) is 55.6 cm³/mol. The quantitative estimate of drug-likeness (QED) is 0.813. The van der Waals surface area contributed by atoms with Crippen LogP contribution >= 0.6 is 0 Å². The average Bonchev–Trinajstić information content (AvgIpc) is 2.16. The van der Waals surface area contributed by atoms with E-state index >= 15 is 0 Å². The Labute approximate surface area is 91.9 Å². The van der Waals surface area contributed by atoms with Crippen molar-refractivity contribution in [3.05, 3.63) is 35.1 Å². The van der Waals surface area contributed by atoms with E-state index in [1.165, 1.54) is 26.0 Å². The first-order chi connectivity index (χ1) is 7.26. The molecule has 0 heterocycles. The second-order valence-corrected chi connectivity index (χ2v) is 3.99. The maximum absolute atomic E-state index is 13.6. The number of aliphatic carboxylic acids is 1. The highest BCUT2D eigenvalue weighted by atomic mass is 19.1. The van der Waals surface area contributed by atoms with Gasteiger partial charge in [-0.15, -0.1) is 0 Å². The highest BCUT2D eigenvalue weighted by molar-refractivity contribution is 5.93. The summed E-state index contributed by atoms with van der Waals surface area (Å²) < 4.78 is 13.6. The third-order valence-electron chi connectivity index (χ3n) is 2.46. The van der Waals surface area contributed by atoms with Crippen LogP contribution in [0.15, 0.2) is 18.2 Å². The van der Waals surface area contributed by atoms with Crippen molar-refractivity contribution in [1.29, 1.82) is 0 Å². The van der Waals surface area contributed by atoms with E-state index < -0.39 is 23.1 Å². The molecule has 0 bridgehead atoms. The van der Waals surface area contributed by atoms with Gasteiger partial charge in [-0.2, -0.15) is 0 Å². The molecule has 0 atom stereocenters. The van der Waals surface area contributed by atoms with Crippen LogP contribution < -0.4 is 5.73 Å². The third-order valence-corrected chi connectivity index (χ3v) is 2.46. The first-order valence-electron chi connectivity index (χ1n) is 4.60. The number of carboxylic acid groups (broad SMARTS) is 1. The van der Waals surface area contributed by atoms with Gasteiger partial charge in [-0.05, 0) is 26.0 Å². The van der Waals surface area contributed by atoms with Crippen LogP contribution in [0.3, 0.4) is 0 Å². The van der Waals surface area contributed by atoms with E-state index in [1.54, 1.807) is 0 Å². The van der Waals surface area contributed by atoms with E-state index in [1.807, 2.05) is 0 Å². The molecule has 86 valence electrons. The second kappa shape index (κ2) is 3.92. The van der Waals surface area contributed by atoms with Crippen LogP contribution in [0.5, 0.6) is 0 Å². The number of benzene rings is 1. The molecule has 0 aromatic heterocycles. The molecular weight excluding hydrogens is 213 g/mol. The van der Waals surface area contributed by atoms with Crippen LogP contribution in [0, 0.1) is 5.82 Å². The van der Waals surface area contributed by atoms with Gasteiger partial charge >= 0.3 is 5.97 Å². The van der Waals surface area contributed by atoms with Gasteiger partial charge in [0.2, 0.25) is 5.91 Å². The molecule has 0 unspecified atom stereocenters. The maximum atomic E-state index is 13.6. The Morgan fingerprint density at radius 3 is 2.31 bits per heavy atom. The van der Waals surface area contributed by atoms with Crippen molar-refractivity contribution in [2.24, 2.45) is 5.73 Å². The first kappa shape index (κ1) is 12.2. The molecular formula is C11H12FNO3. The lowest BCUT2D eigenvalue weighted by Gasteiger charge is -2.20. The lowest BCUT2D eigenvalue weighted by Crippen LogP contribution is -2.30. The SMILES string of the molecule is CC(C)(C(=O)O)c1ccc(C(N)=O)cc1F. The fourth-order valence-electron chi connectivity index (χ4n) is 1.29. The molecule has 0 aliphatic rings. The molecule has 0 radical (unpaired) electrons. The van der Waals surface area contributed by atoms with Crippen molar-refractivity contribution in [3.63, 3.8) is 0 Å². The van der Waals surface area contributed by atoms with Gasteiger partial charge in [-0.25, -0.2) is 4.39 Å². The highest BCUT2D eigenvalue weighted by Gasteiger charge is 2.32. The molecule has 0 saturated carbocycles. The zero-order valence-corrected chi connectivity index (χ0v) is 8.95. The van der Waals surface area contributed by atoms with Gasteiger partial charge in [0, 0.05) is 11.1 Å². The van der Waals surface area contributed by atoms with Gasteiger partial charge in [0.05, 0.1) is 5.41 Å². The Balaban J connectivity index is 3.28. The maximum Gasteiger partial charge on any atom is 0.313 e. The zero-order chi connectivity index (χ0) is 12.5. The smallest absolute Gasteiger partial charge is 0.313 e. The fraction of sp³-hybridized carbons (Fsp3) is 0.273. The molecule has 0 aliphatic carbocycles. The number of hydrogen-bond donors (Lipinski definition) is 2. The first-order valence-corrected chi connectivity index (χ1v) is 4.60. The van der Waals surface area contributed by atoms with Gasteiger partial charge in [-0.1, -0.05) is 6.07 Å². The molecule has 5 heteroatoms. The van der Waals surface area contributed by atoms with E-state index in [0.717, 1.165) is 6.07 Å². The number of primary amides is 1. The highest BCUT2D eigenvalue weighted by Crippen LogP contribution is 2.26. The standard InChI is InChI=1S/C11H12FNO3/c1-11(2,10(15)16)7-4-3-6(9(13)14)5-8(7)12/h3-5H,1-2H3,(H2,13,14)(H,15,16). The summed E-state index contributed by atoms with van der Waals surface area (Å²) in [5.41, 5.74) is 3.67. The molecule has 4 nitrogen and oxygen atoms in total. The molecule has 1 amide bonds. The zero-order valence-electron chi connectivity index (χ0n) is 8.95. The summed E-state index contributed by atoms with van der Waals surface area (Å²) in [6, 6.07) is 3.53. The van der Waals surface area contributed by atoms with E-state index in [0.29, 0.717) is 0 Å². The molecule has 1 rings (SSSR count). The van der Waals surface area contributed by atoms with Crippen molar-refractivity contribution in [2.75, 3.05) is 0 Å². The van der Waals surface area contributed by atoms with E-state index in [-0.39, 0.29) is 11.1 Å². The average molecular weight is 225 g/mol. The number of amides is 1. The van der Waals surface area contributed by atoms with Gasteiger partial charge in [0.25, 0.3) is 0 Å². The van der Waals surface area contributed by atoms with E-state index in [9.17, 15) is 14.0 Å². The minimum Gasteiger partial charge on any atom is -0.481 e. The van der Waals surface area contributed by atoms with Crippen molar-refractivity contribution in [1.82, 2.24) is 0 Å². The van der Waals surface area contributed by atoms with Gasteiger partial charge < -0.3 is 10.8 Å². The molecule has 3 N–H and O–H groups in total. The monoisotopic (exact) mass is 225 g/mol. The normalized spacial score (nSPS) is 11.2. The molecule has 0 spiro atoms. The minimum absolute atomic E-state index is 0.0161. The lowest BCUT2D eigenvalue weighted by molar-refractivity contribution is -0.142. The Hall–Kier alpha value is -1.91. The summed E-state index contributed by atoms with van der Waals surface area (Å²) in [7, 11) is 0. The van der Waals surface area contributed by atoms with Gasteiger partial charge in [0.15, 0.2) is 0 Å². The molecule has 1 aromatic carbocycles. The van der Waals surface area contributed by atoms with Crippen molar-refractivity contribution in [3.8, 4) is 0 Å². The van der Waals surface area contributed by atoms with E-state index in [4.69, 9.17) is 10.8 Å². The number of hydrogen-bond acceptors (Lipinski definition) is 2. The number of nitrogens with two attached hydrogens (primary N) is 1. The van der Waals surface area contributed by atoms with Gasteiger partial charge in [-0.3, -0.25) is 9.59 Å². The summed E-state index contributed by atoms with van der Waals surface area (Å²) in [5.74, 6) is -2.64. The van der Waals surface area contributed by atoms with Crippen LogP contribution in [0.1, 0.15) is 29.8 Å². The number of carbonyl (C=O) groups excluding carboxylic acids is 1. The molecule has 1 aromatic rings. The van der Waals surface area contributed by atoms with Crippen LogP contribution in [0.25, 0.3) is 0 Å². The molecule has 0 fully saturated rings. The van der Waals surface area contributed by atoms with Crippen molar-refractivity contribution in [2.45, 2.75) is 19.3 Å². The lowest BCUT2D eigenvalue weighted by atomic mass is 9.84. The molecule has 16 heavy (non-hydrogen) atoms. The number of carboxylic acids is 1. The molecule has 0 aliphatic heterocycles. The number of halogens is 1. The van der Waals surface area contributed by atoms with Crippen molar-refractivity contribution >= 4 is 11.9 Å². The fourth-order valence-corrected chi connectivity index (χ4v) is 1.29. The Morgan fingerprint density at radius 2 is 1.94 bits per heavy atom. The molecule has 0 saturated heterocycles. The van der Waals surface area contributed by atoms with Crippen molar-refractivity contribution < 1.29 is 19.1 Å².